The van der Waals surface area contributed by atoms with Gasteiger partial charge in [-0.3, -0.25) is 14.5 Å². The zero-order valence-corrected chi connectivity index (χ0v) is 18.3. The highest BCUT2D eigenvalue weighted by atomic mass is 35.5. The molecule has 1 saturated heterocycles. The van der Waals surface area contributed by atoms with Gasteiger partial charge in [0.05, 0.1) is 12.7 Å². The minimum absolute atomic E-state index is 0.0755. The van der Waals surface area contributed by atoms with Crippen molar-refractivity contribution in [1.29, 1.82) is 0 Å². The van der Waals surface area contributed by atoms with Gasteiger partial charge in [-0.05, 0) is 44.5 Å². The average molecular weight is 436 g/mol. The lowest BCUT2D eigenvalue weighted by Crippen LogP contribution is -2.36. The van der Waals surface area contributed by atoms with Crippen LogP contribution in [0.1, 0.15) is 54.3 Å². The molecule has 1 aliphatic heterocycles. The van der Waals surface area contributed by atoms with Crippen molar-refractivity contribution >= 4 is 39.8 Å². The molecule has 6 nitrogen and oxygen atoms in total. The highest BCUT2D eigenvalue weighted by molar-refractivity contribution is 7.15. The number of carbonyl (C=O) groups is 2. The molecular weight excluding hydrogens is 410 g/mol. The van der Waals surface area contributed by atoms with Crippen molar-refractivity contribution in [2.24, 2.45) is 0 Å². The summed E-state index contributed by atoms with van der Waals surface area (Å²) in [5, 5.41) is 3.83. The molecule has 1 aliphatic rings. The summed E-state index contributed by atoms with van der Waals surface area (Å²) >= 11 is 7.46. The Hall–Kier alpha value is -1.96. The van der Waals surface area contributed by atoms with E-state index in [1.165, 1.54) is 37.7 Å². The van der Waals surface area contributed by atoms with Crippen LogP contribution in [0.3, 0.4) is 0 Å². The number of nitrogens with one attached hydrogen (secondary N) is 1. The molecule has 0 bridgehead atoms. The average Bonchev–Trinajstić information content (AvgIpc) is 3.14. The van der Waals surface area contributed by atoms with Gasteiger partial charge in [0.25, 0.3) is 0 Å². The number of Topliss-reactive ketones (excluding diaryl/α,β-unsaturated/α-hetero) is 1. The second-order valence-electron chi connectivity index (χ2n) is 7.26. The predicted octanol–water partition coefficient (Wildman–Crippen LogP) is 4.78. The molecule has 1 amide bonds. The lowest BCUT2D eigenvalue weighted by molar-refractivity contribution is -0.116. The molecule has 3 rings (SSSR count). The van der Waals surface area contributed by atoms with Crippen molar-refractivity contribution in [2.75, 3.05) is 19.0 Å². The van der Waals surface area contributed by atoms with Gasteiger partial charge in [-0.1, -0.05) is 18.0 Å². The van der Waals surface area contributed by atoms with Crippen LogP contribution in [-0.4, -0.2) is 41.3 Å². The van der Waals surface area contributed by atoms with Crippen LogP contribution in [0.5, 0.6) is 5.75 Å². The van der Waals surface area contributed by atoms with Crippen LogP contribution in [0.15, 0.2) is 24.4 Å². The van der Waals surface area contributed by atoms with Gasteiger partial charge in [-0.2, -0.15) is 0 Å². The Morgan fingerprint density at radius 2 is 2.17 bits per heavy atom. The number of carbonyl (C=O) groups excluding carboxylic acids is 2. The van der Waals surface area contributed by atoms with Gasteiger partial charge in [-0.25, -0.2) is 4.98 Å². The van der Waals surface area contributed by atoms with Crippen molar-refractivity contribution in [2.45, 2.75) is 51.6 Å². The largest absolute Gasteiger partial charge is 0.496 e. The van der Waals surface area contributed by atoms with Crippen molar-refractivity contribution < 1.29 is 14.3 Å². The lowest BCUT2D eigenvalue weighted by atomic mass is 10.0. The Morgan fingerprint density at radius 1 is 1.34 bits per heavy atom. The summed E-state index contributed by atoms with van der Waals surface area (Å²) in [6.45, 7) is 4.23. The molecule has 0 spiro atoms. The molecule has 2 aromatic rings. The number of benzene rings is 1. The summed E-state index contributed by atoms with van der Waals surface area (Å²) in [5.74, 6) is 0.0429. The molecule has 29 heavy (non-hydrogen) atoms. The monoisotopic (exact) mass is 435 g/mol. The summed E-state index contributed by atoms with van der Waals surface area (Å²) in [6, 6.07) is 5.46. The number of ketones is 1. The first-order chi connectivity index (χ1) is 14.0. The van der Waals surface area contributed by atoms with Crippen LogP contribution in [0.25, 0.3) is 0 Å². The quantitative estimate of drug-likeness (QED) is 0.604. The summed E-state index contributed by atoms with van der Waals surface area (Å²) in [7, 11) is 1.50. The highest BCUT2D eigenvalue weighted by Gasteiger charge is 2.20. The van der Waals surface area contributed by atoms with E-state index in [1.54, 1.807) is 18.2 Å². The van der Waals surface area contributed by atoms with Gasteiger partial charge in [-0.15, -0.1) is 11.3 Å². The fraction of sp³-hybridized carbons (Fsp3) is 0.476. The molecule has 1 unspecified atom stereocenters. The predicted molar refractivity (Wildman–Crippen MR) is 116 cm³/mol. The van der Waals surface area contributed by atoms with E-state index in [0.29, 0.717) is 27.5 Å². The summed E-state index contributed by atoms with van der Waals surface area (Å²) in [4.78, 5) is 32.6. The fourth-order valence-corrected chi connectivity index (χ4v) is 4.50. The number of amides is 1. The van der Waals surface area contributed by atoms with Crippen molar-refractivity contribution in [3.05, 3.63) is 39.9 Å². The minimum atomic E-state index is -0.230. The van der Waals surface area contributed by atoms with E-state index in [4.69, 9.17) is 16.3 Å². The number of halogens is 1. The number of methoxy groups -OCH3 is 1. The number of anilines is 1. The molecule has 1 aromatic carbocycles. The molecule has 1 N–H and O–H groups in total. The summed E-state index contributed by atoms with van der Waals surface area (Å²) < 4.78 is 5.20. The maximum absolute atomic E-state index is 12.5. The van der Waals surface area contributed by atoms with Crippen LogP contribution in [-0.2, 0) is 11.3 Å². The number of aromatic nitrogens is 1. The summed E-state index contributed by atoms with van der Waals surface area (Å²) in [5.41, 5.74) is 0.389. The van der Waals surface area contributed by atoms with E-state index < -0.39 is 0 Å². The second kappa shape index (κ2) is 10.2. The van der Waals surface area contributed by atoms with Gasteiger partial charge in [0.1, 0.15) is 5.75 Å². The highest BCUT2D eigenvalue weighted by Crippen LogP contribution is 2.26. The maximum atomic E-state index is 12.5. The number of rotatable bonds is 8. The number of likely N-dealkylation sites (tertiary alicyclic amines) is 1. The third kappa shape index (κ3) is 6.01. The number of hydrogen-bond donors (Lipinski definition) is 1. The fourth-order valence-electron chi connectivity index (χ4n) is 3.47. The zero-order chi connectivity index (χ0) is 20.8. The zero-order valence-electron chi connectivity index (χ0n) is 16.7. The van der Waals surface area contributed by atoms with E-state index >= 15 is 0 Å². The Bertz CT molecular complexity index is 871. The van der Waals surface area contributed by atoms with Crippen LogP contribution in [0.4, 0.5) is 5.13 Å². The van der Waals surface area contributed by atoms with Crippen LogP contribution < -0.4 is 10.1 Å². The molecule has 1 aromatic heterocycles. The molecule has 1 fully saturated rings. The number of nitrogens with zero attached hydrogens (tertiary/aromatic N) is 2. The third-order valence-electron chi connectivity index (χ3n) is 5.14. The van der Waals surface area contributed by atoms with Gasteiger partial charge in [0, 0.05) is 41.5 Å². The first-order valence-corrected chi connectivity index (χ1v) is 11.0. The molecule has 0 radical (unpaired) electrons. The molecule has 156 valence electrons. The van der Waals surface area contributed by atoms with Crippen LogP contribution in [0.2, 0.25) is 5.02 Å². The number of piperidine rings is 1. The Kier molecular flexibility index (Phi) is 7.64. The lowest BCUT2D eigenvalue weighted by Gasteiger charge is -2.32. The Morgan fingerprint density at radius 3 is 2.93 bits per heavy atom. The first-order valence-electron chi connectivity index (χ1n) is 9.81. The molecular formula is C21H26ClN3O3S. The van der Waals surface area contributed by atoms with E-state index in [0.717, 1.165) is 18.0 Å². The molecule has 0 aliphatic carbocycles. The SMILES string of the molecule is COc1ccc(Cl)cc1C(=O)CCC(=O)Nc1ncc(CN2CCCCC2C)s1. The van der Waals surface area contributed by atoms with E-state index in [1.807, 2.05) is 6.20 Å². The van der Waals surface area contributed by atoms with Gasteiger partial charge in [0.2, 0.25) is 5.91 Å². The molecule has 8 heteroatoms. The maximum Gasteiger partial charge on any atom is 0.226 e. The van der Waals surface area contributed by atoms with Crippen molar-refractivity contribution in [3.63, 3.8) is 0 Å². The van der Waals surface area contributed by atoms with Crippen LogP contribution in [0, 0.1) is 0 Å². The smallest absolute Gasteiger partial charge is 0.226 e. The molecule has 0 saturated carbocycles. The first kappa shape index (κ1) is 21.7. The minimum Gasteiger partial charge on any atom is -0.496 e. The number of ether oxygens (including phenoxy) is 1. The van der Waals surface area contributed by atoms with E-state index in [2.05, 4.69) is 22.1 Å². The summed E-state index contributed by atoms with van der Waals surface area (Å²) in [6.07, 6.45) is 5.73. The van der Waals surface area contributed by atoms with Gasteiger partial charge in [0.15, 0.2) is 10.9 Å². The number of hydrogen-bond acceptors (Lipinski definition) is 6. The van der Waals surface area contributed by atoms with E-state index in [9.17, 15) is 9.59 Å². The third-order valence-corrected chi connectivity index (χ3v) is 6.27. The topological polar surface area (TPSA) is 71.5 Å². The van der Waals surface area contributed by atoms with Gasteiger partial charge < -0.3 is 10.1 Å². The van der Waals surface area contributed by atoms with Crippen molar-refractivity contribution in [1.82, 2.24) is 9.88 Å². The molecule has 2 heterocycles. The Balaban J connectivity index is 1.50. The second-order valence-corrected chi connectivity index (χ2v) is 8.81. The van der Waals surface area contributed by atoms with E-state index in [-0.39, 0.29) is 24.5 Å². The molecule has 1 atom stereocenters. The van der Waals surface area contributed by atoms with Crippen molar-refractivity contribution in [3.8, 4) is 5.75 Å². The normalized spacial score (nSPS) is 17.1. The Labute approximate surface area is 180 Å². The van der Waals surface area contributed by atoms with Gasteiger partial charge >= 0.3 is 0 Å². The standard InChI is InChI=1S/C21H26ClN3O3S/c1-14-5-3-4-10-25(14)13-16-12-23-21(29-16)24-20(27)9-7-18(26)17-11-15(22)6-8-19(17)28-2/h6,8,11-12,14H,3-5,7,9-10,13H2,1-2H3,(H,23,24,27). The van der Waals surface area contributed by atoms with Crippen LogP contribution >= 0.6 is 22.9 Å². The number of thiazole rings is 1.